The molecule has 0 bridgehead atoms. The standard InChI is InChI=1S/C17H15BrClNO3/c1-10-7-8-12(9-15(10)19)20-16(21)11(2)23-17(22)13-5-3-4-6-14(13)18/h3-9,11H,1-2H3,(H,20,21)/t11-/m0/s1. The van der Waals surface area contributed by atoms with E-state index < -0.39 is 18.0 Å². The summed E-state index contributed by atoms with van der Waals surface area (Å²) >= 11 is 9.29. The van der Waals surface area contributed by atoms with E-state index in [0.29, 0.717) is 20.7 Å². The molecule has 0 unspecified atom stereocenters. The van der Waals surface area contributed by atoms with Gasteiger partial charge in [-0.1, -0.05) is 29.8 Å². The highest BCUT2D eigenvalue weighted by Gasteiger charge is 2.20. The van der Waals surface area contributed by atoms with Gasteiger partial charge in [-0.3, -0.25) is 4.79 Å². The van der Waals surface area contributed by atoms with Crippen LogP contribution in [-0.2, 0) is 9.53 Å². The summed E-state index contributed by atoms with van der Waals surface area (Å²) < 4.78 is 5.81. The van der Waals surface area contributed by atoms with Crippen molar-refractivity contribution in [2.45, 2.75) is 20.0 Å². The Morgan fingerprint density at radius 1 is 1.22 bits per heavy atom. The van der Waals surface area contributed by atoms with Gasteiger partial charge in [0.2, 0.25) is 0 Å². The van der Waals surface area contributed by atoms with E-state index in [1.807, 2.05) is 6.92 Å². The third kappa shape index (κ3) is 4.56. The summed E-state index contributed by atoms with van der Waals surface area (Å²) in [6.07, 6.45) is -0.935. The lowest BCUT2D eigenvalue weighted by Crippen LogP contribution is -2.30. The third-order valence-corrected chi connectivity index (χ3v) is 4.28. The average molecular weight is 397 g/mol. The minimum atomic E-state index is -0.935. The first kappa shape index (κ1) is 17.5. The van der Waals surface area contributed by atoms with Crippen molar-refractivity contribution >= 4 is 45.1 Å². The van der Waals surface area contributed by atoms with Crippen molar-refractivity contribution in [3.05, 3.63) is 63.1 Å². The summed E-state index contributed by atoms with van der Waals surface area (Å²) in [7, 11) is 0. The molecular weight excluding hydrogens is 382 g/mol. The second-order valence-electron chi connectivity index (χ2n) is 4.98. The first-order valence-electron chi connectivity index (χ1n) is 6.91. The molecule has 0 aliphatic rings. The van der Waals surface area contributed by atoms with Gasteiger partial charge in [-0.15, -0.1) is 0 Å². The number of halogens is 2. The van der Waals surface area contributed by atoms with E-state index in [1.54, 1.807) is 42.5 Å². The number of ether oxygens (including phenoxy) is 1. The first-order valence-corrected chi connectivity index (χ1v) is 8.08. The van der Waals surface area contributed by atoms with Crippen LogP contribution in [0.2, 0.25) is 5.02 Å². The molecule has 1 amide bonds. The highest BCUT2D eigenvalue weighted by molar-refractivity contribution is 9.10. The van der Waals surface area contributed by atoms with E-state index in [-0.39, 0.29) is 0 Å². The second kappa shape index (κ2) is 7.62. The van der Waals surface area contributed by atoms with Crippen LogP contribution in [0.15, 0.2) is 46.9 Å². The number of anilines is 1. The van der Waals surface area contributed by atoms with Crippen LogP contribution in [0, 0.1) is 6.92 Å². The van der Waals surface area contributed by atoms with Crippen LogP contribution in [-0.4, -0.2) is 18.0 Å². The van der Waals surface area contributed by atoms with Crippen LogP contribution in [0.1, 0.15) is 22.8 Å². The van der Waals surface area contributed by atoms with E-state index in [0.717, 1.165) is 5.56 Å². The lowest BCUT2D eigenvalue weighted by atomic mass is 10.2. The molecule has 23 heavy (non-hydrogen) atoms. The zero-order chi connectivity index (χ0) is 17.0. The van der Waals surface area contributed by atoms with Gasteiger partial charge in [-0.2, -0.15) is 0 Å². The summed E-state index contributed by atoms with van der Waals surface area (Å²) in [5.41, 5.74) is 1.83. The Balaban J connectivity index is 2.01. The minimum Gasteiger partial charge on any atom is -0.449 e. The van der Waals surface area contributed by atoms with Crippen molar-refractivity contribution in [1.82, 2.24) is 0 Å². The fourth-order valence-corrected chi connectivity index (χ4v) is 2.45. The zero-order valence-electron chi connectivity index (χ0n) is 12.6. The Morgan fingerprint density at radius 3 is 2.57 bits per heavy atom. The maximum Gasteiger partial charge on any atom is 0.340 e. The molecule has 0 fully saturated rings. The highest BCUT2D eigenvalue weighted by atomic mass is 79.9. The van der Waals surface area contributed by atoms with Crippen molar-refractivity contribution in [2.24, 2.45) is 0 Å². The Morgan fingerprint density at radius 2 is 1.91 bits per heavy atom. The number of hydrogen-bond donors (Lipinski definition) is 1. The Bertz CT molecular complexity index is 748. The maximum absolute atomic E-state index is 12.1. The molecule has 2 rings (SSSR count). The number of aryl methyl sites for hydroxylation is 1. The fourth-order valence-electron chi connectivity index (χ4n) is 1.82. The Labute approximate surface area is 147 Å². The van der Waals surface area contributed by atoms with Crippen LogP contribution in [0.5, 0.6) is 0 Å². The second-order valence-corrected chi connectivity index (χ2v) is 6.24. The zero-order valence-corrected chi connectivity index (χ0v) is 14.9. The Hall–Kier alpha value is -1.85. The molecular formula is C17H15BrClNO3. The smallest absolute Gasteiger partial charge is 0.340 e. The molecule has 2 aromatic carbocycles. The molecule has 1 N–H and O–H groups in total. The van der Waals surface area contributed by atoms with E-state index in [4.69, 9.17) is 16.3 Å². The number of rotatable bonds is 4. The molecule has 0 aromatic heterocycles. The van der Waals surface area contributed by atoms with Crippen LogP contribution < -0.4 is 5.32 Å². The molecule has 0 radical (unpaired) electrons. The molecule has 2 aromatic rings. The van der Waals surface area contributed by atoms with E-state index >= 15 is 0 Å². The fraction of sp³-hybridized carbons (Fsp3) is 0.176. The van der Waals surface area contributed by atoms with Gasteiger partial charge < -0.3 is 10.1 Å². The number of amides is 1. The number of benzene rings is 2. The molecule has 0 spiro atoms. The van der Waals surface area contributed by atoms with E-state index in [9.17, 15) is 9.59 Å². The number of esters is 1. The molecule has 6 heteroatoms. The minimum absolute atomic E-state index is 0.366. The van der Waals surface area contributed by atoms with E-state index in [2.05, 4.69) is 21.2 Å². The van der Waals surface area contributed by atoms with Crippen LogP contribution in [0.4, 0.5) is 5.69 Å². The van der Waals surface area contributed by atoms with Crippen LogP contribution in [0.3, 0.4) is 0 Å². The molecule has 0 aliphatic heterocycles. The van der Waals surface area contributed by atoms with Crippen molar-refractivity contribution < 1.29 is 14.3 Å². The Kier molecular flexibility index (Phi) is 5.80. The van der Waals surface area contributed by atoms with Gasteiger partial charge >= 0.3 is 5.97 Å². The topological polar surface area (TPSA) is 55.4 Å². The summed E-state index contributed by atoms with van der Waals surface area (Å²) in [4.78, 5) is 24.2. The van der Waals surface area contributed by atoms with Gasteiger partial charge in [0.05, 0.1) is 5.56 Å². The van der Waals surface area contributed by atoms with Crippen molar-refractivity contribution in [3.8, 4) is 0 Å². The molecule has 0 saturated heterocycles. The third-order valence-electron chi connectivity index (χ3n) is 3.19. The van der Waals surface area contributed by atoms with Crippen molar-refractivity contribution in [3.63, 3.8) is 0 Å². The number of carbonyl (C=O) groups is 2. The van der Waals surface area contributed by atoms with Crippen molar-refractivity contribution in [1.29, 1.82) is 0 Å². The largest absolute Gasteiger partial charge is 0.449 e. The number of hydrogen-bond acceptors (Lipinski definition) is 3. The van der Waals surface area contributed by atoms with Gasteiger partial charge in [-0.25, -0.2) is 4.79 Å². The summed E-state index contributed by atoms with van der Waals surface area (Å²) in [6, 6.07) is 12.1. The predicted octanol–water partition coefficient (Wildman–Crippen LogP) is 4.59. The van der Waals surface area contributed by atoms with Crippen LogP contribution >= 0.6 is 27.5 Å². The quantitative estimate of drug-likeness (QED) is 0.769. The molecule has 0 saturated carbocycles. The average Bonchev–Trinajstić information content (AvgIpc) is 2.51. The molecule has 120 valence electrons. The van der Waals surface area contributed by atoms with Gasteiger partial charge in [0.25, 0.3) is 5.91 Å². The number of carbonyl (C=O) groups excluding carboxylic acids is 2. The lowest BCUT2D eigenvalue weighted by molar-refractivity contribution is -0.123. The SMILES string of the molecule is Cc1ccc(NC(=O)[C@H](C)OC(=O)c2ccccc2Br)cc1Cl. The molecule has 4 nitrogen and oxygen atoms in total. The first-order chi connectivity index (χ1) is 10.9. The van der Waals surface area contributed by atoms with Gasteiger partial charge in [-0.05, 0) is 59.6 Å². The number of nitrogens with one attached hydrogen (secondary N) is 1. The molecule has 0 heterocycles. The predicted molar refractivity (Wildman–Crippen MR) is 93.8 cm³/mol. The highest BCUT2D eigenvalue weighted by Crippen LogP contribution is 2.21. The summed E-state index contributed by atoms with van der Waals surface area (Å²) in [5.74, 6) is -0.993. The monoisotopic (exact) mass is 395 g/mol. The normalized spacial score (nSPS) is 11.7. The van der Waals surface area contributed by atoms with Crippen molar-refractivity contribution in [2.75, 3.05) is 5.32 Å². The van der Waals surface area contributed by atoms with Crippen LogP contribution in [0.25, 0.3) is 0 Å². The van der Waals surface area contributed by atoms with Gasteiger partial charge in [0.1, 0.15) is 0 Å². The molecule has 0 aliphatic carbocycles. The van der Waals surface area contributed by atoms with Gasteiger partial charge in [0, 0.05) is 15.2 Å². The van der Waals surface area contributed by atoms with E-state index in [1.165, 1.54) is 6.92 Å². The summed E-state index contributed by atoms with van der Waals surface area (Å²) in [6.45, 7) is 3.38. The maximum atomic E-state index is 12.1. The summed E-state index contributed by atoms with van der Waals surface area (Å²) in [5, 5.41) is 3.23. The van der Waals surface area contributed by atoms with Gasteiger partial charge in [0.15, 0.2) is 6.10 Å². The lowest BCUT2D eigenvalue weighted by Gasteiger charge is -2.14. The molecule has 1 atom stereocenters.